The Kier molecular flexibility index (Phi) is 6.16. The molecule has 6 nitrogen and oxygen atoms in total. The summed E-state index contributed by atoms with van der Waals surface area (Å²) in [6.45, 7) is -0.479. The summed E-state index contributed by atoms with van der Waals surface area (Å²) in [5.74, 6) is -2.58. The highest BCUT2D eigenvalue weighted by Gasteiger charge is 2.08. The molecule has 0 aliphatic heterocycles. The number of carbonyl (C=O) groups is 2. The number of amides is 1. The molecule has 1 amide bonds. The Hall–Kier alpha value is -3.29. The molecule has 0 spiro atoms. The number of halogens is 2. The number of rotatable bonds is 6. The maximum Gasteiger partial charge on any atom is 0.337 e. The zero-order valence-corrected chi connectivity index (χ0v) is 13.2. The van der Waals surface area contributed by atoms with Gasteiger partial charge in [0.1, 0.15) is 11.6 Å². The summed E-state index contributed by atoms with van der Waals surface area (Å²) in [5, 5.41) is 5.76. The number of oxime groups is 1. The number of hydrogen-bond donors (Lipinski definition) is 1. The molecule has 1 N–H and O–H groups in total. The number of hydrogen-bond acceptors (Lipinski definition) is 5. The second-order valence-corrected chi connectivity index (χ2v) is 4.79. The zero-order valence-electron chi connectivity index (χ0n) is 13.2. The lowest BCUT2D eigenvalue weighted by atomic mass is 10.1. The maximum atomic E-state index is 13.4. The molecule has 0 atom stereocenters. The van der Waals surface area contributed by atoms with E-state index in [4.69, 9.17) is 4.84 Å². The van der Waals surface area contributed by atoms with Crippen LogP contribution in [0.2, 0.25) is 0 Å². The summed E-state index contributed by atoms with van der Waals surface area (Å²) in [6, 6.07) is 9.03. The van der Waals surface area contributed by atoms with Gasteiger partial charge in [0.25, 0.3) is 5.91 Å². The molecule has 2 aromatic carbocycles. The van der Waals surface area contributed by atoms with Gasteiger partial charge in [-0.15, -0.1) is 0 Å². The van der Waals surface area contributed by atoms with Crippen LogP contribution in [-0.2, 0) is 14.4 Å². The van der Waals surface area contributed by atoms with Gasteiger partial charge in [-0.3, -0.25) is 4.79 Å². The quantitative estimate of drug-likeness (QED) is 0.495. The third-order valence-electron chi connectivity index (χ3n) is 3.01. The van der Waals surface area contributed by atoms with Gasteiger partial charge in [0.05, 0.1) is 24.6 Å². The first kappa shape index (κ1) is 18.1. The lowest BCUT2D eigenvalue weighted by molar-refractivity contribution is -0.120. The smallest absolute Gasteiger partial charge is 0.337 e. The summed E-state index contributed by atoms with van der Waals surface area (Å²) >= 11 is 0. The first-order valence-corrected chi connectivity index (χ1v) is 7.08. The van der Waals surface area contributed by atoms with Crippen LogP contribution in [0.15, 0.2) is 47.6 Å². The van der Waals surface area contributed by atoms with Gasteiger partial charge in [-0.25, -0.2) is 13.6 Å². The van der Waals surface area contributed by atoms with Crippen LogP contribution < -0.4 is 5.32 Å². The van der Waals surface area contributed by atoms with Gasteiger partial charge in [0.15, 0.2) is 6.61 Å². The minimum atomic E-state index is -0.760. The van der Waals surface area contributed by atoms with Crippen LogP contribution in [0.4, 0.5) is 14.5 Å². The first-order chi connectivity index (χ1) is 12.0. The highest BCUT2D eigenvalue weighted by Crippen LogP contribution is 2.15. The third-order valence-corrected chi connectivity index (χ3v) is 3.01. The summed E-state index contributed by atoms with van der Waals surface area (Å²) in [6.07, 6.45) is 1.33. The van der Waals surface area contributed by atoms with Gasteiger partial charge < -0.3 is 14.9 Å². The molecule has 0 heterocycles. The molecule has 8 heteroatoms. The van der Waals surface area contributed by atoms with Crippen molar-refractivity contribution in [3.8, 4) is 0 Å². The Labute approximate surface area is 142 Å². The molecule has 0 unspecified atom stereocenters. The van der Waals surface area contributed by atoms with E-state index < -0.39 is 30.1 Å². The molecule has 0 aromatic heterocycles. The van der Waals surface area contributed by atoms with E-state index in [0.717, 1.165) is 18.2 Å². The molecule has 0 aliphatic rings. The molecule has 0 saturated heterocycles. The van der Waals surface area contributed by atoms with Crippen molar-refractivity contribution in [2.24, 2.45) is 5.16 Å². The second kappa shape index (κ2) is 8.53. The monoisotopic (exact) mass is 348 g/mol. The van der Waals surface area contributed by atoms with E-state index in [2.05, 4.69) is 15.2 Å². The molecule has 25 heavy (non-hydrogen) atoms. The fourth-order valence-corrected chi connectivity index (χ4v) is 1.80. The Bertz CT molecular complexity index is 792. The minimum absolute atomic E-state index is 0.282. The van der Waals surface area contributed by atoms with E-state index in [0.29, 0.717) is 11.1 Å². The fourth-order valence-electron chi connectivity index (χ4n) is 1.80. The number of nitrogens with one attached hydrogen (secondary N) is 1. The predicted molar refractivity (Wildman–Crippen MR) is 86.3 cm³/mol. The fraction of sp³-hybridized carbons (Fsp3) is 0.118. The maximum absolute atomic E-state index is 13.4. The van der Waals surface area contributed by atoms with Gasteiger partial charge in [0, 0.05) is 6.07 Å². The largest absolute Gasteiger partial charge is 0.465 e. The van der Waals surface area contributed by atoms with Crippen molar-refractivity contribution in [3.05, 3.63) is 65.2 Å². The summed E-state index contributed by atoms with van der Waals surface area (Å²) < 4.78 is 30.9. The number of methoxy groups -OCH3 is 1. The molecule has 0 bridgehead atoms. The summed E-state index contributed by atoms with van der Waals surface area (Å²) in [5.41, 5.74) is 0.734. The van der Waals surface area contributed by atoms with Crippen LogP contribution in [-0.4, -0.2) is 31.8 Å². The molecule has 2 rings (SSSR count). The zero-order chi connectivity index (χ0) is 18.2. The molecule has 0 aliphatic carbocycles. The van der Waals surface area contributed by atoms with Crippen molar-refractivity contribution < 1.29 is 27.9 Å². The number of anilines is 1. The van der Waals surface area contributed by atoms with Crippen molar-refractivity contribution in [1.82, 2.24) is 0 Å². The second-order valence-electron chi connectivity index (χ2n) is 4.79. The molecular weight excluding hydrogens is 334 g/mol. The van der Waals surface area contributed by atoms with Crippen LogP contribution in [0.3, 0.4) is 0 Å². The highest BCUT2D eigenvalue weighted by atomic mass is 19.1. The van der Waals surface area contributed by atoms with Crippen LogP contribution in [0.1, 0.15) is 15.9 Å². The van der Waals surface area contributed by atoms with Crippen molar-refractivity contribution in [3.63, 3.8) is 0 Å². The van der Waals surface area contributed by atoms with E-state index >= 15 is 0 Å². The Morgan fingerprint density at radius 1 is 1.16 bits per heavy atom. The van der Waals surface area contributed by atoms with E-state index in [1.807, 2.05) is 0 Å². The first-order valence-electron chi connectivity index (χ1n) is 7.08. The normalized spacial score (nSPS) is 10.5. The van der Waals surface area contributed by atoms with Gasteiger partial charge >= 0.3 is 5.97 Å². The average molecular weight is 348 g/mol. The van der Waals surface area contributed by atoms with E-state index in [9.17, 15) is 18.4 Å². The Balaban J connectivity index is 1.83. The Morgan fingerprint density at radius 3 is 2.56 bits per heavy atom. The van der Waals surface area contributed by atoms with Crippen LogP contribution in [0.5, 0.6) is 0 Å². The predicted octanol–water partition coefficient (Wildman–Crippen LogP) is 2.74. The van der Waals surface area contributed by atoms with Crippen LogP contribution in [0, 0.1) is 11.6 Å². The molecule has 130 valence electrons. The number of benzene rings is 2. The molecule has 0 saturated carbocycles. The summed E-state index contributed by atoms with van der Waals surface area (Å²) in [4.78, 5) is 27.7. The number of esters is 1. The van der Waals surface area contributed by atoms with Crippen molar-refractivity contribution >= 4 is 23.8 Å². The molecule has 2 aromatic rings. The molecule has 0 radical (unpaired) electrons. The average Bonchev–Trinajstić information content (AvgIpc) is 2.61. The van der Waals surface area contributed by atoms with Gasteiger partial charge in [-0.05, 0) is 29.8 Å². The lowest BCUT2D eigenvalue weighted by Crippen LogP contribution is -2.18. The minimum Gasteiger partial charge on any atom is -0.465 e. The van der Waals surface area contributed by atoms with Gasteiger partial charge in [-0.2, -0.15) is 0 Å². The number of carbonyl (C=O) groups excluding carboxylic acids is 2. The molecule has 0 fully saturated rings. The Morgan fingerprint density at radius 2 is 1.88 bits per heavy atom. The SMILES string of the molecule is COC(=O)c1ccc(C=NOCC(=O)Nc2cc(F)ccc2F)cc1. The van der Waals surface area contributed by atoms with E-state index in [1.165, 1.54) is 13.3 Å². The van der Waals surface area contributed by atoms with Crippen molar-refractivity contribution in [2.75, 3.05) is 19.0 Å². The standard InChI is InChI=1S/C17H14F2N2O4/c1-24-17(23)12-4-2-11(3-5-12)9-20-25-10-16(22)21-15-8-13(18)6-7-14(15)19/h2-9H,10H2,1H3,(H,21,22). The molecular formula is C17H14F2N2O4. The highest BCUT2D eigenvalue weighted by molar-refractivity contribution is 5.92. The van der Waals surface area contributed by atoms with Crippen molar-refractivity contribution in [2.45, 2.75) is 0 Å². The van der Waals surface area contributed by atoms with E-state index in [-0.39, 0.29) is 5.69 Å². The van der Waals surface area contributed by atoms with E-state index in [1.54, 1.807) is 24.3 Å². The lowest BCUT2D eigenvalue weighted by Gasteiger charge is -2.05. The third kappa shape index (κ3) is 5.38. The van der Waals surface area contributed by atoms with Gasteiger partial charge in [-0.1, -0.05) is 17.3 Å². The van der Waals surface area contributed by atoms with Crippen molar-refractivity contribution in [1.29, 1.82) is 0 Å². The number of nitrogens with zero attached hydrogens (tertiary/aromatic N) is 1. The number of ether oxygens (including phenoxy) is 1. The van der Waals surface area contributed by atoms with Crippen LogP contribution >= 0.6 is 0 Å². The van der Waals surface area contributed by atoms with Crippen LogP contribution in [0.25, 0.3) is 0 Å². The summed E-state index contributed by atoms with van der Waals surface area (Å²) in [7, 11) is 1.28. The van der Waals surface area contributed by atoms with Gasteiger partial charge in [0.2, 0.25) is 0 Å². The topological polar surface area (TPSA) is 77.0 Å².